The van der Waals surface area contributed by atoms with Crippen molar-refractivity contribution < 1.29 is 4.42 Å². The second-order valence-corrected chi connectivity index (χ2v) is 18.0. The summed E-state index contributed by atoms with van der Waals surface area (Å²) in [4.78, 5) is 0. The molecule has 0 atom stereocenters. The zero-order chi connectivity index (χ0) is 45.7. The van der Waals surface area contributed by atoms with Crippen molar-refractivity contribution in [2.45, 2.75) is 0 Å². The third-order valence-corrected chi connectivity index (χ3v) is 13.8. The minimum atomic E-state index is 0.882. The van der Waals surface area contributed by atoms with E-state index in [0.717, 1.165) is 72.0 Å². The third kappa shape index (κ3) is 7.20. The van der Waals surface area contributed by atoms with E-state index in [2.05, 4.69) is 267 Å². The summed E-state index contributed by atoms with van der Waals surface area (Å²) in [7, 11) is 0. The van der Waals surface area contributed by atoms with E-state index >= 15 is 0 Å². The van der Waals surface area contributed by atoms with Gasteiger partial charge in [-0.1, -0.05) is 224 Å². The number of furan rings is 1. The van der Waals surface area contributed by atoms with Crippen molar-refractivity contribution in [3.05, 3.63) is 267 Å². The molecule has 12 aromatic carbocycles. The predicted octanol–water partition coefficient (Wildman–Crippen LogP) is 19.2. The Hall–Kier alpha value is -9.04. The Morgan fingerprint density at radius 3 is 0.957 bits per heavy atom. The molecule has 0 saturated carbocycles. The molecule has 0 fully saturated rings. The molecule has 1 heterocycles. The highest BCUT2D eigenvalue weighted by Crippen LogP contribution is 2.47. The minimum absolute atomic E-state index is 0.882. The minimum Gasteiger partial charge on any atom is -0.455 e. The predicted molar refractivity (Wildman–Crippen MR) is 292 cm³/mol. The summed E-state index contributed by atoms with van der Waals surface area (Å²) in [6.45, 7) is 0. The summed E-state index contributed by atoms with van der Waals surface area (Å²) in [5, 5.41) is 7.15. The fraction of sp³-hybridized carbons (Fsp3) is 0. The van der Waals surface area contributed by atoms with Gasteiger partial charge in [0.1, 0.15) is 11.2 Å². The molecule has 322 valence electrons. The summed E-state index contributed by atoms with van der Waals surface area (Å²) in [6.07, 6.45) is 0. The molecule has 13 aromatic rings. The van der Waals surface area contributed by atoms with Gasteiger partial charge in [-0.2, -0.15) is 0 Å². The molecule has 0 aliphatic heterocycles. The van der Waals surface area contributed by atoms with E-state index in [1.54, 1.807) is 0 Å². The molecule has 0 amide bonds. The monoisotopic (exact) mass is 876 g/mol. The lowest BCUT2D eigenvalue weighted by molar-refractivity contribution is 0.671. The first kappa shape index (κ1) is 40.3. The Morgan fingerprint density at radius 1 is 0.174 bits per heavy atom. The summed E-state index contributed by atoms with van der Waals surface area (Å²) in [5.74, 6) is 0. The average molecular weight is 877 g/mol. The van der Waals surface area contributed by atoms with E-state index in [0.29, 0.717) is 0 Å². The van der Waals surface area contributed by atoms with Crippen LogP contribution < -0.4 is 0 Å². The smallest absolute Gasteiger partial charge is 0.143 e. The van der Waals surface area contributed by atoms with Crippen molar-refractivity contribution in [1.82, 2.24) is 0 Å². The van der Waals surface area contributed by atoms with Crippen LogP contribution in [0.3, 0.4) is 0 Å². The largest absolute Gasteiger partial charge is 0.455 e. The van der Waals surface area contributed by atoms with Crippen LogP contribution in [0.2, 0.25) is 0 Å². The van der Waals surface area contributed by atoms with Gasteiger partial charge < -0.3 is 4.42 Å². The van der Waals surface area contributed by atoms with Gasteiger partial charge in [-0.25, -0.2) is 0 Å². The lowest BCUT2D eigenvalue weighted by atomic mass is 9.84. The van der Waals surface area contributed by atoms with E-state index in [1.165, 1.54) is 60.5 Å². The Kier molecular flexibility index (Phi) is 9.91. The van der Waals surface area contributed by atoms with Gasteiger partial charge in [0.15, 0.2) is 0 Å². The van der Waals surface area contributed by atoms with Gasteiger partial charge in [0, 0.05) is 21.9 Å². The van der Waals surface area contributed by atoms with Crippen molar-refractivity contribution in [3.8, 4) is 89.0 Å². The zero-order valence-electron chi connectivity index (χ0n) is 37.8. The first-order valence-electron chi connectivity index (χ1n) is 23.7. The van der Waals surface area contributed by atoms with Gasteiger partial charge >= 0.3 is 0 Å². The Morgan fingerprint density at radius 2 is 0.493 bits per heavy atom. The van der Waals surface area contributed by atoms with Crippen molar-refractivity contribution in [1.29, 1.82) is 0 Å². The molecule has 0 bridgehead atoms. The molecule has 0 saturated heterocycles. The molecule has 69 heavy (non-hydrogen) atoms. The second kappa shape index (κ2) is 17.0. The Balaban J connectivity index is 1.02. The van der Waals surface area contributed by atoms with Crippen molar-refractivity contribution in [2.24, 2.45) is 0 Å². The van der Waals surface area contributed by atoms with E-state index in [-0.39, 0.29) is 0 Å². The molecule has 13 rings (SSSR count). The summed E-state index contributed by atoms with van der Waals surface area (Å²) in [6, 6.07) is 96.8. The number of benzene rings is 12. The Bertz CT molecular complexity index is 4020. The van der Waals surface area contributed by atoms with Crippen molar-refractivity contribution in [2.75, 3.05) is 0 Å². The maximum absolute atomic E-state index is 7.15. The maximum atomic E-state index is 7.15. The summed E-state index contributed by atoms with van der Waals surface area (Å²) >= 11 is 0. The van der Waals surface area contributed by atoms with E-state index in [4.69, 9.17) is 4.42 Å². The standard InChI is InChI=1S/C68H44O/c1-6-20-45(21-7-1)50-30-18-32-52(38-50)55-41-60(46-22-8-2-9-23-46)67-63(43-55)64-44-56(42-61(68(64)69-67)47-24-10-3-11-25-47)53-33-19-31-51(39-53)54-36-37-59-62(40-54)66(49-28-14-5-15-29-49)58-35-17-16-34-57(58)65(59)48-26-12-4-13-27-48/h1-44H. The van der Waals surface area contributed by atoms with Gasteiger partial charge in [-0.3, -0.25) is 0 Å². The molecule has 1 heteroatoms. The van der Waals surface area contributed by atoms with Crippen LogP contribution in [0.4, 0.5) is 0 Å². The van der Waals surface area contributed by atoms with Crippen LogP contribution in [0.5, 0.6) is 0 Å². The first-order chi connectivity index (χ1) is 34.2. The first-order valence-corrected chi connectivity index (χ1v) is 23.7. The van der Waals surface area contributed by atoms with Crippen LogP contribution in [-0.4, -0.2) is 0 Å². The van der Waals surface area contributed by atoms with Gasteiger partial charge in [0.2, 0.25) is 0 Å². The number of rotatable bonds is 8. The molecule has 1 aromatic heterocycles. The van der Waals surface area contributed by atoms with E-state index in [1.807, 2.05) is 0 Å². The molecule has 0 aliphatic rings. The summed E-state index contributed by atoms with van der Waals surface area (Å²) < 4.78 is 7.15. The van der Waals surface area contributed by atoms with Crippen LogP contribution in [-0.2, 0) is 0 Å². The molecular formula is C68H44O. The number of hydrogen-bond acceptors (Lipinski definition) is 1. The molecular weight excluding hydrogens is 833 g/mol. The lowest BCUT2D eigenvalue weighted by Gasteiger charge is -2.19. The van der Waals surface area contributed by atoms with Gasteiger partial charge in [0.25, 0.3) is 0 Å². The maximum Gasteiger partial charge on any atom is 0.143 e. The highest BCUT2D eigenvalue weighted by atomic mass is 16.3. The fourth-order valence-corrected chi connectivity index (χ4v) is 10.6. The molecule has 0 N–H and O–H groups in total. The highest BCUT2D eigenvalue weighted by molar-refractivity contribution is 6.22. The van der Waals surface area contributed by atoms with Crippen LogP contribution in [0.15, 0.2) is 271 Å². The number of fused-ring (bicyclic) bond motifs is 5. The lowest BCUT2D eigenvalue weighted by Crippen LogP contribution is -1.91. The third-order valence-electron chi connectivity index (χ3n) is 13.8. The Labute approximate surface area is 401 Å². The molecule has 0 unspecified atom stereocenters. The van der Waals surface area contributed by atoms with Gasteiger partial charge in [-0.15, -0.1) is 0 Å². The van der Waals surface area contributed by atoms with Crippen LogP contribution in [0, 0.1) is 0 Å². The van der Waals surface area contributed by atoms with E-state index < -0.39 is 0 Å². The average Bonchev–Trinajstić information content (AvgIpc) is 3.81. The molecule has 0 spiro atoms. The van der Waals surface area contributed by atoms with Crippen molar-refractivity contribution in [3.63, 3.8) is 0 Å². The van der Waals surface area contributed by atoms with Crippen LogP contribution in [0.1, 0.15) is 0 Å². The summed E-state index contributed by atoms with van der Waals surface area (Å²) in [5.41, 5.74) is 20.4. The molecule has 1 nitrogen and oxygen atoms in total. The normalized spacial score (nSPS) is 11.5. The van der Waals surface area contributed by atoms with E-state index in [9.17, 15) is 0 Å². The zero-order valence-corrected chi connectivity index (χ0v) is 37.8. The topological polar surface area (TPSA) is 13.1 Å². The van der Waals surface area contributed by atoms with Crippen LogP contribution in [0.25, 0.3) is 132 Å². The quantitative estimate of drug-likeness (QED) is 0.139. The highest BCUT2D eigenvalue weighted by Gasteiger charge is 2.21. The fourth-order valence-electron chi connectivity index (χ4n) is 10.6. The molecule has 0 aliphatic carbocycles. The second-order valence-electron chi connectivity index (χ2n) is 18.0. The van der Waals surface area contributed by atoms with Gasteiger partial charge in [-0.05, 0) is 142 Å². The molecule has 0 radical (unpaired) electrons. The SMILES string of the molecule is c1ccc(-c2cccc(-c3cc(-c4ccccc4)c4oc5c(-c6ccccc6)cc(-c6cccc(-c7ccc8c(-c9ccccc9)c9ccccc9c(-c9ccccc9)c8c7)c6)cc5c4c3)c2)cc1. The van der Waals surface area contributed by atoms with Crippen LogP contribution >= 0.6 is 0 Å². The van der Waals surface area contributed by atoms with Crippen molar-refractivity contribution >= 4 is 43.5 Å². The van der Waals surface area contributed by atoms with Gasteiger partial charge in [0.05, 0.1) is 0 Å². The number of hydrogen-bond donors (Lipinski definition) is 0.